The summed E-state index contributed by atoms with van der Waals surface area (Å²) in [6.45, 7) is 4.28. The number of halogens is 2. The first-order chi connectivity index (χ1) is 16.0. The molecule has 0 unspecified atom stereocenters. The van der Waals surface area contributed by atoms with Crippen LogP contribution in [0, 0.1) is 5.82 Å². The quantitative estimate of drug-likeness (QED) is 0.427. The fourth-order valence-electron chi connectivity index (χ4n) is 3.45. The first-order valence-electron chi connectivity index (χ1n) is 11.1. The molecule has 0 fully saturated rings. The third-order valence-electron chi connectivity index (χ3n) is 5.23. The summed E-state index contributed by atoms with van der Waals surface area (Å²) in [7, 11) is -3.75. The first kappa shape index (κ1) is 27.8. The SMILES string of the molecule is CCCNC(=O)[C@H](C)N(Cc1cccc(Br)c1)C(=O)CCCN(c1ccccc1F)S(C)(=O)=O. The maximum atomic E-state index is 14.2. The summed E-state index contributed by atoms with van der Waals surface area (Å²) in [5.41, 5.74) is 0.790. The van der Waals surface area contributed by atoms with Crippen LogP contribution in [0.5, 0.6) is 0 Å². The number of amides is 2. The molecule has 7 nitrogen and oxygen atoms in total. The van der Waals surface area contributed by atoms with Crippen molar-refractivity contribution >= 4 is 43.5 Å². The van der Waals surface area contributed by atoms with Gasteiger partial charge in [-0.05, 0) is 49.6 Å². The first-order valence-corrected chi connectivity index (χ1v) is 13.7. The van der Waals surface area contributed by atoms with E-state index in [1.807, 2.05) is 31.2 Å². The Labute approximate surface area is 209 Å². The summed E-state index contributed by atoms with van der Waals surface area (Å²) in [6.07, 6.45) is 1.94. The molecular formula is C24H31BrFN3O4S. The van der Waals surface area contributed by atoms with Crippen molar-refractivity contribution < 1.29 is 22.4 Å². The van der Waals surface area contributed by atoms with E-state index in [1.54, 1.807) is 13.0 Å². The Balaban J connectivity index is 2.16. The number of benzene rings is 2. The van der Waals surface area contributed by atoms with E-state index in [-0.39, 0.29) is 43.4 Å². The van der Waals surface area contributed by atoms with Crippen molar-refractivity contribution in [3.63, 3.8) is 0 Å². The highest BCUT2D eigenvalue weighted by Crippen LogP contribution is 2.22. The predicted molar refractivity (Wildman–Crippen MR) is 135 cm³/mol. The summed E-state index contributed by atoms with van der Waals surface area (Å²) >= 11 is 3.42. The lowest BCUT2D eigenvalue weighted by Crippen LogP contribution is -2.47. The van der Waals surface area contributed by atoms with Crippen molar-refractivity contribution in [3.05, 3.63) is 64.4 Å². The van der Waals surface area contributed by atoms with Crippen molar-refractivity contribution in [2.24, 2.45) is 0 Å². The molecule has 34 heavy (non-hydrogen) atoms. The zero-order chi connectivity index (χ0) is 25.3. The highest BCUT2D eigenvalue weighted by Gasteiger charge is 2.27. The van der Waals surface area contributed by atoms with E-state index in [0.29, 0.717) is 6.54 Å². The minimum absolute atomic E-state index is 0.000125. The van der Waals surface area contributed by atoms with Crippen LogP contribution < -0.4 is 9.62 Å². The van der Waals surface area contributed by atoms with E-state index in [4.69, 9.17) is 0 Å². The third kappa shape index (κ3) is 8.09. The Morgan fingerprint density at radius 3 is 2.47 bits per heavy atom. The lowest BCUT2D eigenvalue weighted by Gasteiger charge is -2.29. The van der Waals surface area contributed by atoms with Gasteiger partial charge in [-0.2, -0.15) is 0 Å². The number of carbonyl (C=O) groups excluding carboxylic acids is 2. The van der Waals surface area contributed by atoms with Crippen LogP contribution in [0.25, 0.3) is 0 Å². The molecule has 1 N–H and O–H groups in total. The molecule has 0 aromatic heterocycles. The second kappa shape index (κ2) is 12.9. The van der Waals surface area contributed by atoms with Crippen LogP contribution in [0.15, 0.2) is 53.0 Å². The minimum Gasteiger partial charge on any atom is -0.354 e. The number of carbonyl (C=O) groups is 2. The van der Waals surface area contributed by atoms with Crippen LogP contribution in [0.1, 0.15) is 38.7 Å². The van der Waals surface area contributed by atoms with Crippen molar-refractivity contribution in [1.29, 1.82) is 0 Å². The van der Waals surface area contributed by atoms with Crippen molar-refractivity contribution in [3.8, 4) is 0 Å². The Kier molecular flexibility index (Phi) is 10.5. The highest BCUT2D eigenvalue weighted by atomic mass is 79.9. The molecular weight excluding hydrogens is 525 g/mol. The Morgan fingerprint density at radius 2 is 1.85 bits per heavy atom. The van der Waals surface area contributed by atoms with Crippen molar-refractivity contribution in [1.82, 2.24) is 10.2 Å². The smallest absolute Gasteiger partial charge is 0.242 e. The van der Waals surface area contributed by atoms with Gasteiger partial charge in [-0.3, -0.25) is 13.9 Å². The summed E-state index contributed by atoms with van der Waals surface area (Å²) in [5.74, 6) is -1.20. The zero-order valence-electron chi connectivity index (χ0n) is 19.6. The molecule has 0 aliphatic heterocycles. The maximum absolute atomic E-state index is 14.2. The van der Waals surface area contributed by atoms with Gasteiger partial charge < -0.3 is 10.2 Å². The topological polar surface area (TPSA) is 86.8 Å². The fourth-order valence-corrected chi connectivity index (χ4v) is 4.86. The van der Waals surface area contributed by atoms with Crippen LogP contribution in [-0.4, -0.2) is 50.5 Å². The van der Waals surface area contributed by atoms with Gasteiger partial charge in [-0.1, -0.05) is 47.1 Å². The molecule has 0 heterocycles. The normalized spacial score (nSPS) is 12.1. The Bertz CT molecular complexity index is 1100. The lowest BCUT2D eigenvalue weighted by molar-refractivity contribution is -0.140. The average molecular weight is 556 g/mol. The summed E-state index contributed by atoms with van der Waals surface area (Å²) in [6, 6.07) is 12.4. The van der Waals surface area contributed by atoms with Gasteiger partial charge in [0.05, 0.1) is 11.9 Å². The van der Waals surface area contributed by atoms with Crippen LogP contribution in [0.4, 0.5) is 10.1 Å². The molecule has 0 bridgehead atoms. The van der Waals surface area contributed by atoms with Gasteiger partial charge in [0, 0.05) is 30.5 Å². The van der Waals surface area contributed by atoms with E-state index in [2.05, 4.69) is 21.2 Å². The third-order valence-corrected chi connectivity index (χ3v) is 6.90. The van der Waals surface area contributed by atoms with Crippen LogP contribution in [0.3, 0.4) is 0 Å². The maximum Gasteiger partial charge on any atom is 0.242 e. The average Bonchev–Trinajstić information content (AvgIpc) is 2.78. The fraction of sp³-hybridized carbons (Fsp3) is 0.417. The standard InChI is InChI=1S/C24H31BrFN3O4S/c1-4-14-27-24(31)18(2)28(17-19-9-7-10-20(25)16-19)23(30)13-8-15-29(34(3,32)33)22-12-6-5-11-21(22)26/h5-7,9-12,16,18H,4,8,13-15,17H2,1-3H3,(H,27,31)/t18-/m0/s1. The van der Waals surface area contributed by atoms with Gasteiger partial charge >= 0.3 is 0 Å². The van der Waals surface area contributed by atoms with E-state index < -0.39 is 21.9 Å². The molecule has 0 saturated heterocycles. The van der Waals surface area contributed by atoms with E-state index in [0.717, 1.165) is 27.0 Å². The van der Waals surface area contributed by atoms with Gasteiger partial charge in [-0.15, -0.1) is 0 Å². The molecule has 1 atom stereocenters. The molecule has 2 aromatic carbocycles. The Morgan fingerprint density at radius 1 is 1.15 bits per heavy atom. The molecule has 2 aromatic rings. The molecule has 2 rings (SSSR count). The number of sulfonamides is 1. The minimum atomic E-state index is -3.75. The number of hydrogen-bond acceptors (Lipinski definition) is 4. The summed E-state index contributed by atoms with van der Waals surface area (Å²) < 4.78 is 40.6. The number of nitrogens with zero attached hydrogens (tertiary/aromatic N) is 2. The second-order valence-electron chi connectivity index (χ2n) is 8.01. The molecule has 2 amide bonds. The molecule has 0 saturated carbocycles. The monoisotopic (exact) mass is 555 g/mol. The predicted octanol–water partition coefficient (Wildman–Crippen LogP) is 4.08. The van der Waals surface area contributed by atoms with E-state index >= 15 is 0 Å². The van der Waals surface area contributed by atoms with Crippen LogP contribution in [0.2, 0.25) is 0 Å². The van der Waals surface area contributed by atoms with Crippen molar-refractivity contribution in [2.75, 3.05) is 23.7 Å². The molecule has 10 heteroatoms. The number of anilines is 1. The van der Waals surface area contributed by atoms with Gasteiger partial charge in [0.25, 0.3) is 0 Å². The highest BCUT2D eigenvalue weighted by molar-refractivity contribution is 9.10. The van der Waals surface area contributed by atoms with Crippen molar-refractivity contribution in [2.45, 2.75) is 45.7 Å². The largest absolute Gasteiger partial charge is 0.354 e. The molecule has 186 valence electrons. The van der Waals surface area contributed by atoms with E-state index in [9.17, 15) is 22.4 Å². The van der Waals surface area contributed by atoms with Crippen LogP contribution in [-0.2, 0) is 26.2 Å². The van der Waals surface area contributed by atoms with Crippen LogP contribution >= 0.6 is 15.9 Å². The van der Waals surface area contributed by atoms with Gasteiger partial charge in [0.15, 0.2) is 0 Å². The number of hydrogen-bond donors (Lipinski definition) is 1. The number of rotatable bonds is 12. The zero-order valence-corrected chi connectivity index (χ0v) is 22.0. The Hall–Kier alpha value is -2.46. The van der Waals surface area contributed by atoms with Gasteiger partial charge in [-0.25, -0.2) is 12.8 Å². The summed E-state index contributed by atoms with van der Waals surface area (Å²) in [5, 5.41) is 2.82. The molecule has 0 aliphatic rings. The lowest BCUT2D eigenvalue weighted by atomic mass is 10.1. The van der Waals surface area contributed by atoms with Gasteiger partial charge in [0.1, 0.15) is 11.9 Å². The number of nitrogens with one attached hydrogen (secondary N) is 1. The number of para-hydroxylation sites is 1. The molecule has 0 spiro atoms. The molecule has 0 aliphatic carbocycles. The molecule has 0 radical (unpaired) electrons. The summed E-state index contributed by atoms with van der Waals surface area (Å²) in [4.78, 5) is 27.3. The van der Waals surface area contributed by atoms with E-state index in [1.165, 1.54) is 23.1 Å². The van der Waals surface area contributed by atoms with Gasteiger partial charge in [0.2, 0.25) is 21.8 Å². The second-order valence-corrected chi connectivity index (χ2v) is 10.8.